The largest absolute Gasteiger partial charge is 0.495 e. The van der Waals surface area contributed by atoms with Gasteiger partial charge >= 0.3 is 0 Å². The van der Waals surface area contributed by atoms with Crippen LogP contribution >= 0.6 is 0 Å². The summed E-state index contributed by atoms with van der Waals surface area (Å²) in [5, 5.41) is 16.8. The topological polar surface area (TPSA) is 93.5 Å². The van der Waals surface area contributed by atoms with Gasteiger partial charge < -0.3 is 15.4 Å². The van der Waals surface area contributed by atoms with E-state index in [1.54, 1.807) is 0 Å². The number of hydrogen-bond acceptors (Lipinski definition) is 5. The SMILES string of the molecule is COc1ccc([N+](=O)[O-])cc1NCC(=O)Nc1ccccc1Cc1ccccc1. The number of amides is 1. The zero-order valence-corrected chi connectivity index (χ0v) is 15.9. The molecule has 148 valence electrons. The lowest BCUT2D eigenvalue weighted by molar-refractivity contribution is -0.384. The van der Waals surface area contributed by atoms with Crippen LogP contribution in [0.4, 0.5) is 17.1 Å². The Morgan fingerprint density at radius 1 is 1.00 bits per heavy atom. The Morgan fingerprint density at radius 3 is 2.45 bits per heavy atom. The third-order valence-electron chi connectivity index (χ3n) is 4.36. The molecule has 0 saturated heterocycles. The maximum Gasteiger partial charge on any atom is 0.271 e. The van der Waals surface area contributed by atoms with Gasteiger partial charge in [-0.3, -0.25) is 14.9 Å². The third kappa shape index (κ3) is 5.32. The fraction of sp³-hybridized carbons (Fsp3) is 0.136. The van der Waals surface area contributed by atoms with Gasteiger partial charge in [0.25, 0.3) is 5.69 Å². The summed E-state index contributed by atoms with van der Waals surface area (Å²) in [5.74, 6) is 0.159. The van der Waals surface area contributed by atoms with Gasteiger partial charge in [0.1, 0.15) is 5.75 Å². The average Bonchev–Trinajstić information content (AvgIpc) is 2.74. The van der Waals surface area contributed by atoms with Crippen molar-refractivity contribution in [3.63, 3.8) is 0 Å². The molecule has 3 aromatic carbocycles. The molecule has 0 aliphatic heterocycles. The van der Waals surface area contributed by atoms with E-state index in [1.165, 1.54) is 25.3 Å². The molecule has 0 atom stereocenters. The Hall–Kier alpha value is -3.87. The molecular weight excluding hydrogens is 370 g/mol. The summed E-state index contributed by atoms with van der Waals surface area (Å²) in [5.41, 5.74) is 3.18. The number of anilines is 2. The van der Waals surface area contributed by atoms with E-state index >= 15 is 0 Å². The van der Waals surface area contributed by atoms with Crippen LogP contribution in [0.3, 0.4) is 0 Å². The van der Waals surface area contributed by atoms with Gasteiger partial charge in [0.2, 0.25) is 5.91 Å². The molecule has 7 heteroatoms. The monoisotopic (exact) mass is 391 g/mol. The van der Waals surface area contributed by atoms with Crippen LogP contribution in [0.1, 0.15) is 11.1 Å². The molecule has 2 N–H and O–H groups in total. The van der Waals surface area contributed by atoms with Crippen molar-refractivity contribution in [1.29, 1.82) is 0 Å². The summed E-state index contributed by atoms with van der Waals surface area (Å²) in [4.78, 5) is 22.9. The van der Waals surface area contributed by atoms with Crippen molar-refractivity contribution < 1.29 is 14.5 Å². The molecule has 0 bridgehead atoms. The van der Waals surface area contributed by atoms with E-state index in [-0.39, 0.29) is 18.1 Å². The molecule has 7 nitrogen and oxygen atoms in total. The van der Waals surface area contributed by atoms with E-state index < -0.39 is 4.92 Å². The minimum Gasteiger partial charge on any atom is -0.495 e. The minimum absolute atomic E-state index is 0.0583. The van der Waals surface area contributed by atoms with Crippen LogP contribution in [0.2, 0.25) is 0 Å². The first-order valence-corrected chi connectivity index (χ1v) is 9.05. The van der Waals surface area contributed by atoms with E-state index in [9.17, 15) is 14.9 Å². The first-order chi connectivity index (χ1) is 14.1. The highest BCUT2D eigenvalue weighted by Crippen LogP contribution is 2.28. The Bertz CT molecular complexity index is 1010. The molecule has 0 aliphatic carbocycles. The first-order valence-electron chi connectivity index (χ1n) is 9.05. The van der Waals surface area contributed by atoms with E-state index in [1.807, 2.05) is 54.6 Å². The normalized spacial score (nSPS) is 10.2. The number of nitro groups is 1. The van der Waals surface area contributed by atoms with Crippen LogP contribution in [-0.4, -0.2) is 24.5 Å². The van der Waals surface area contributed by atoms with Gasteiger partial charge in [-0.05, 0) is 29.7 Å². The maximum absolute atomic E-state index is 12.5. The van der Waals surface area contributed by atoms with Crippen LogP contribution in [0.25, 0.3) is 0 Å². The fourth-order valence-corrected chi connectivity index (χ4v) is 2.93. The van der Waals surface area contributed by atoms with Gasteiger partial charge in [0.15, 0.2) is 0 Å². The smallest absolute Gasteiger partial charge is 0.271 e. The number of nitrogens with one attached hydrogen (secondary N) is 2. The maximum atomic E-state index is 12.5. The number of ether oxygens (including phenoxy) is 1. The van der Waals surface area contributed by atoms with Crippen molar-refractivity contribution in [3.05, 3.63) is 94.0 Å². The summed E-state index contributed by atoms with van der Waals surface area (Å²) in [6.07, 6.45) is 0.698. The van der Waals surface area contributed by atoms with Crippen molar-refractivity contribution in [2.24, 2.45) is 0 Å². The highest BCUT2D eigenvalue weighted by atomic mass is 16.6. The van der Waals surface area contributed by atoms with Gasteiger partial charge in [-0.2, -0.15) is 0 Å². The molecule has 0 radical (unpaired) electrons. The van der Waals surface area contributed by atoms with Gasteiger partial charge in [-0.25, -0.2) is 0 Å². The number of para-hydroxylation sites is 1. The highest BCUT2D eigenvalue weighted by Gasteiger charge is 2.13. The molecule has 3 aromatic rings. The molecule has 3 rings (SSSR count). The van der Waals surface area contributed by atoms with Crippen LogP contribution in [0.5, 0.6) is 5.75 Å². The van der Waals surface area contributed by atoms with Crippen LogP contribution < -0.4 is 15.4 Å². The lowest BCUT2D eigenvalue weighted by Crippen LogP contribution is -2.22. The second-order valence-electron chi connectivity index (χ2n) is 6.36. The van der Waals surface area contributed by atoms with Crippen molar-refractivity contribution in [3.8, 4) is 5.75 Å². The van der Waals surface area contributed by atoms with Crippen LogP contribution in [-0.2, 0) is 11.2 Å². The zero-order valence-electron chi connectivity index (χ0n) is 15.9. The van der Waals surface area contributed by atoms with Gasteiger partial charge in [-0.15, -0.1) is 0 Å². The number of non-ortho nitro benzene ring substituents is 1. The molecule has 0 saturated carbocycles. The van der Waals surface area contributed by atoms with Crippen molar-refractivity contribution in [2.45, 2.75) is 6.42 Å². The van der Waals surface area contributed by atoms with E-state index in [0.29, 0.717) is 17.9 Å². The molecule has 0 aromatic heterocycles. The predicted octanol–water partition coefficient (Wildman–Crippen LogP) is 4.24. The fourth-order valence-electron chi connectivity index (χ4n) is 2.93. The van der Waals surface area contributed by atoms with Gasteiger partial charge in [0, 0.05) is 17.8 Å². The van der Waals surface area contributed by atoms with E-state index in [4.69, 9.17) is 4.74 Å². The van der Waals surface area contributed by atoms with Crippen molar-refractivity contribution in [2.75, 3.05) is 24.3 Å². The van der Waals surface area contributed by atoms with Gasteiger partial charge in [-0.1, -0.05) is 48.5 Å². The lowest BCUT2D eigenvalue weighted by atomic mass is 10.0. The molecule has 0 fully saturated rings. The Kier molecular flexibility index (Phi) is 6.42. The predicted molar refractivity (Wildman–Crippen MR) is 112 cm³/mol. The van der Waals surface area contributed by atoms with Gasteiger partial charge in [0.05, 0.1) is 24.3 Å². The standard InChI is InChI=1S/C22H21N3O4/c1-29-21-12-11-18(25(27)28)14-20(21)23-15-22(26)24-19-10-6-5-9-17(19)13-16-7-3-2-4-8-16/h2-12,14,23H,13,15H2,1H3,(H,24,26). The van der Waals surface area contributed by atoms with Crippen LogP contribution in [0.15, 0.2) is 72.8 Å². The zero-order chi connectivity index (χ0) is 20.6. The highest BCUT2D eigenvalue weighted by molar-refractivity contribution is 5.94. The van der Waals surface area contributed by atoms with E-state index in [0.717, 1.165) is 16.8 Å². The molecule has 29 heavy (non-hydrogen) atoms. The number of hydrogen-bond donors (Lipinski definition) is 2. The summed E-state index contributed by atoms with van der Waals surface area (Å²) < 4.78 is 5.20. The first kappa shape index (κ1) is 19.9. The van der Waals surface area contributed by atoms with E-state index in [2.05, 4.69) is 10.6 Å². The van der Waals surface area contributed by atoms with Crippen molar-refractivity contribution >= 4 is 23.0 Å². The molecule has 0 aliphatic rings. The number of benzene rings is 3. The summed E-state index contributed by atoms with van der Waals surface area (Å²) in [7, 11) is 1.46. The summed E-state index contributed by atoms with van der Waals surface area (Å²) in [6, 6.07) is 21.8. The second-order valence-corrected chi connectivity index (χ2v) is 6.36. The summed E-state index contributed by atoms with van der Waals surface area (Å²) in [6.45, 7) is -0.0583. The van der Waals surface area contributed by atoms with Crippen LogP contribution in [0, 0.1) is 10.1 Å². The molecule has 1 amide bonds. The summed E-state index contributed by atoms with van der Waals surface area (Å²) >= 11 is 0. The number of nitro benzene ring substituents is 1. The number of nitrogens with zero attached hydrogens (tertiary/aromatic N) is 1. The number of rotatable bonds is 8. The lowest BCUT2D eigenvalue weighted by Gasteiger charge is -2.13. The number of carbonyl (C=O) groups excluding carboxylic acids is 1. The third-order valence-corrected chi connectivity index (χ3v) is 4.36. The quantitative estimate of drug-likeness (QED) is 0.442. The minimum atomic E-state index is -0.496. The molecular formula is C22H21N3O4. The Labute approximate surface area is 168 Å². The molecule has 0 unspecified atom stereocenters. The Balaban J connectivity index is 1.68. The number of carbonyl (C=O) groups is 1. The molecule has 0 heterocycles. The van der Waals surface area contributed by atoms with Crippen molar-refractivity contribution in [1.82, 2.24) is 0 Å². The average molecular weight is 391 g/mol. The number of methoxy groups -OCH3 is 1. The molecule has 0 spiro atoms. The Morgan fingerprint density at radius 2 is 1.72 bits per heavy atom. The second kappa shape index (κ2) is 9.36.